The predicted octanol–water partition coefficient (Wildman–Crippen LogP) is 4.16. The Labute approximate surface area is 123 Å². The highest BCUT2D eigenvalue weighted by Crippen LogP contribution is 2.34. The van der Waals surface area contributed by atoms with Crippen molar-refractivity contribution in [3.8, 4) is 0 Å². The average Bonchev–Trinajstić information content (AvgIpc) is 2.65. The molecule has 0 bridgehead atoms. The molecule has 2 aromatic rings. The highest BCUT2D eigenvalue weighted by Gasteiger charge is 2.26. The second kappa shape index (κ2) is 5.94. The number of nitrogens with two attached hydrogens (primary N) is 1. The van der Waals surface area contributed by atoms with Crippen LogP contribution in [-0.4, -0.2) is 0 Å². The molecule has 2 N–H and O–H groups in total. The lowest BCUT2D eigenvalue weighted by Gasteiger charge is -2.23. The summed E-state index contributed by atoms with van der Waals surface area (Å²) in [6.45, 7) is 0. The molecule has 2 unspecified atom stereocenters. The van der Waals surface area contributed by atoms with E-state index in [1.165, 1.54) is 5.56 Å². The summed E-state index contributed by atoms with van der Waals surface area (Å²) in [5.41, 5.74) is 9.27. The van der Waals surface area contributed by atoms with Crippen LogP contribution in [0.1, 0.15) is 35.6 Å². The van der Waals surface area contributed by atoms with Gasteiger partial charge in [-0.05, 0) is 54.4 Å². The van der Waals surface area contributed by atoms with Gasteiger partial charge in [0.2, 0.25) is 0 Å². The number of rotatable bonds is 2. The Balaban J connectivity index is 1.88. The van der Waals surface area contributed by atoms with Gasteiger partial charge in [0.1, 0.15) is 0 Å². The Bertz CT molecular complexity index is 639. The molecule has 0 fully saturated rings. The van der Waals surface area contributed by atoms with Crippen LogP contribution in [0.25, 0.3) is 0 Å². The van der Waals surface area contributed by atoms with E-state index in [4.69, 9.17) is 5.73 Å². The standard InChI is InChI=1S/C18H19F2N/c19-16-10-4-7-13(17(16)20)11-14-8-3-6-12-5-1-2-9-15(12)18(14)21/h1-2,4-5,7,9-10,14,18H,3,6,8,11,21H2. The third kappa shape index (κ3) is 2.84. The van der Waals surface area contributed by atoms with Gasteiger partial charge in [-0.15, -0.1) is 0 Å². The lowest BCUT2D eigenvalue weighted by atomic mass is 9.86. The highest BCUT2D eigenvalue weighted by atomic mass is 19.2. The van der Waals surface area contributed by atoms with E-state index in [-0.39, 0.29) is 12.0 Å². The van der Waals surface area contributed by atoms with E-state index in [1.54, 1.807) is 12.1 Å². The normalized spacial score (nSPS) is 21.7. The van der Waals surface area contributed by atoms with Gasteiger partial charge >= 0.3 is 0 Å². The fourth-order valence-corrected chi connectivity index (χ4v) is 3.29. The molecule has 0 heterocycles. The van der Waals surface area contributed by atoms with Gasteiger partial charge in [0, 0.05) is 6.04 Å². The molecule has 1 nitrogen and oxygen atoms in total. The summed E-state index contributed by atoms with van der Waals surface area (Å²) >= 11 is 0. The van der Waals surface area contributed by atoms with E-state index in [0.29, 0.717) is 12.0 Å². The monoisotopic (exact) mass is 287 g/mol. The predicted molar refractivity (Wildman–Crippen MR) is 79.9 cm³/mol. The van der Waals surface area contributed by atoms with Crippen LogP contribution in [0.5, 0.6) is 0 Å². The summed E-state index contributed by atoms with van der Waals surface area (Å²) in [5, 5.41) is 0. The van der Waals surface area contributed by atoms with E-state index in [2.05, 4.69) is 12.1 Å². The van der Waals surface area contributed by atoms with Gasteiger partial charge in [-0.2, -0.15) is 0 Å². The third-order valence-electron chi connectivity index (χ3n) is 4.46. The zero-order valence-corrected chi connectivity index (χ0v) is 11.9. The van der Waals surface area contributed by atoms with Crippen molar-refractivity contribution >= 4 is 0 Å². The number of halogens is 2. The van der Waals surface area contributed by atoms with Crippen molar-refractivity contribution in [1.29, 1.82) is 0 Å². The summed E-state index contributed by atoms with van der Waals surface area (Å²) in [5.74, 6) is -1.37. The van der Waals surface area contributed by atoms with Gasteiger partial charge in [0.15, 0.2) is 11.6 Å². The Morgan fingerprint density at radius 2 is 1.86 bits per heavy atom. The van der Waals surface area contributed by atoms with Gasteiger partial charge in [0.25, 0.3) is 0 Å². The number of aryl methyl sites for hydroxylation is 1. The summed E-state index contributed by atoms with van der Waals surface area (Å²) < 4.78 is 27.2. The van der Waals surface area contributed by atoms with Crippen LogP contribution in [-0.2, 0) is 12.8 Å². The highest BCUT2D eigenvalue weighted by molar-refractivity contribution is 5.32. The van der Waals surface area contributed by atoms with Crippen LogP contribution in [0.15, 0.2) is 42.5 Å². The second-order valence-electron chi connectivity index (χ2n) is 5.79. The first-order valence-corrected chi connectivity index (χ1v) is 7.43. The first-order valence-electron chi connectivity index (χ1n) is 7.43. The molecule has 3 rings (SSSR count). The summed E-state index contributed by atoms with van der Waals surface area (Å²) in [4.78, 5) is 0. The van der Waals surface area contributed by atoms with Crippen molar-refractivity contribution in [2.45, 2.75) is 31.7 Å². The minimum Gasteiger partial charge on any atom is -0.324 e. The maximum absolute atomic E-state index is 13.9. The van der Waals surface area contributed by atoms with Crippen molar-refractivity contribution in [1.82, 2.24) is 0 Å². The molecule has 0 aromatic heterocycles. The van der Waals surface area contributed by atoms with Crippen LogP contribution < -0.4 is 5.73 Å². The number of hydrogen-bond acceptors (Lipinski definition) is 1. The molecule has 0 aliphatic heterocycles. The van der Waals surface area contributed by atoms with Crippen LogP contribution in [0, 0.1) is 17.6 Å². The van der Waals surface area contributed by atoms with Crippen molar-refractivity contribution in [3.05, 3.63) is 70.8 Å². The van der Waals surface area contributed by atoms with Crippen LogP contribution >= 0.6 is 0 Å². The molecule has 2 atom stereocenters. The molecule has 3 heteroatoms. The SMILES string of the molecule is NC1c2ccccc2CCCC1Cc1cccc(F)c1F. The molecule has 0 radical (unpaired) electrons. The minimum atomic E-state index is -0.782. The smallest absolute Gasteiger partial charge is 0.162 e. The van der Waals surface area contributed by atoms with Crippen molar-refractivity contribution < 1.29 is 8.78 Å². The van der Waals surface area contributed by atoms with Crippen molar-refractivity contribution in [3.63, 3.8) is 0 Å². The second-order valence-corrected chi connectivity index (χ2v) is 5.79. The topological polar surface area (TPSA) is 26.0 Å². The lowest BCUT2D eigenvalue weighted by molar-refractivity contribution is 0.391. The molecular formula is C18H19F2N. The van der Waals surface area contributed by atoms with Crippen molar-refractivity contribution in [2.24, 2.45) is 11.7 Å². The van der Waals surface area contributed by atoms with E-state index >= 15 is 0 Å². The molecule has 110 valence electrons. The third-order valence-corrected chi connectivity index (χ3v) is 4.46. The number of fused-ring (bicyclic) bond motifs is 1. The van der Waals surface area contributed by atoms with Crippen LogP contribution in [0.2, 0.25) is 0 Å². The summed E-state index contributed by atoms with van der Waals surface area (Å²) in [6, 6.07) is 12.4. The van der Waals surface area contributed by atoms with E-state index in [9.17, 15) is 8.78 Å². The van der Waals surface area contributed by atoms with Gasteiger partial charge in [-0.25, -0.2) is 8.78 Å². The van der Waals surface area contributed by atoms with Gasteiger partial charge in [-0.3, -0.25) is 0 Å². The summed E-state index contributed by atoms with van der Waals surface area (Å²) in [7, 11) is 0. The zero-order chi connectivity index (χ0) is 14.8. The lowest BCUT2D eigenvalue weighted by Crippen LogP contribution is -2.23. The van der Waals surface area contributed by atoms with Gasteiger partial charge in [0.05, 0.1) is 0 Å². The quantitative estimate of drug-likeness (QED) is 0.825. The van der Waals surface area contributed by atoms with Crippen LogP contribution in [0.4, 0.5) is 8.78 Å². The molecule has 0 amide bonds. The van der Waals surface area contributed by atoms with Gasteiger partial charge in [-0.1, -0.05) is 36.4 Å². The van der Waals surface area contributed by atoms with Crippen molar-refractivity contribution in [2.75, 3.05) is 0 Å². The largest absolute Gasteiger partial charge is 0.324 e. The number of benzene rings is 2. The summed E-state index contributed by atoms with van der Waals surface area (Å²) in [6.07, 6.45) is 3.46. The Morgan fingerprint density at radius 1 is 1.05 bits per heavy atom. The fourth-order valence-electron chi connectivity index (χ4n) is 3.29. The molecule has 1 aliphatic rings. The Kier molecular flexibility index (Phi) is 4.02. The Morgan fingerprint density at radius 3 is 2.71 bits per heavy atom. The molecule has 0 saturated carbocycles. The molecule has 0 spiro atoms. The first-order chi connectivity index (χ1) is 10.2. The number of hydrogen-bond donors (Lipinski definition) is 1. The average molecular weight is 287 g/mol. The van der Waals surface area contributed by atoms with E-state index in [1.807, 2.05) is 12.1 Å². The maximum atomic E-state index is 13.9. The molecular weight excluding hydrogens is 268 g/mol. The fraction of sp³-hybridized carbons (Fsp3) is 0.333. The first kappa shape index (κ1) is 14.2. The van der Waals surface area contributed by atoms with E-state index in [0.717, 1.165) is 30.9 Å². The minimum absolute atomic E-state index is 0.119. The van der Waals surface area contributed by atoms with E-state index < -0.39 is 11.6 Å². The zero-order valence-electron chi connectivity index (χ0n) is 11.9. The maximum Gasteiger partial charge on any atom is 0.162 e. The Hall–Kier alpha value is -1.74. The van der Waals surface area contributed by atoms with Crippen LogP contribution in [0.3, 0.4) is 0 Å². The molecule has 0 saturated heterocycles. The molecule has 2 aromatic carbocycles. The van der Waals surface area contributed by atoms with Gasteiger partial charge < -0.3 is 5.73 Å². The molecule has 1 aliphatic carbocycles. The molecule has 21 heavy (non-hydrogen) atoms.